The SMILES string of the molecule is Cl.Cn1nc(C2CCN(C(=O)c3cccnc3)CC2)cc1-c1cccc(F)c1. The maximum atomic E-state index is 13.5. The maximum absolute atomic E-state index is 13.5. The number of aromatic nitrogens is 3. The Balaban J connectivity index is 0.00000225. The number of benzene rings is 1. The molecule has 5 nitrogen and oxygen atoms in total. The number of halogens is 2. The number of likely N-dealkylation sites (tertiary alicyclic amines) is 1. The molecule has 0 N–H and O–H groups in total. The molecular weight excluding hydrogens is 379 g/mol. The lowest BCUT2D eigenvalue weighted by Crippen LogP contribution is -2.38. The Kier molecular flexibility index (Phi) is 6.09. The van der Waals surface area contributed by atoms with Crippen molar-refractivity contribution in [2.75, 3.05) is 13.1 Å². The van der Waals surface area contributed by atoms with Crippen molar-refractivity contribution in [2.45, 2.75) is 18.8 Å². The van der Waals surface area contributed by atoms with Crippen LogP contribution in [0.3, 0.4) is 0 Å². The van der Waals surface area contributed by atoms with Gasteiger partial charge in [0.25, 0.3) is 5.91 Å². The van der Waals surface area contributed by atoms with Crippen molar-refractivity contribution in [3.8, 4) is 11.3 Å². The summed E-state index contributed by atoms with van der Waals surface area (Å²) >= 11 is 0. The highest BCUT2D eigenvalue weighted by molar-refractivity contribution is 5.93. The summed E-state index contributed by atoms with van der Waals surface area (Å²) in [5, 5.41) is 4.65. The fourth-order valence-corrected chi connectivity index (χ4v) is 3.66. The van der Waals surface area contributed by atoms with Crippen molar-refractivity contribution < 1.29 is 9.18 Å². The van der Waals surface area contributed by atoms with Gasteiger partial charge < -0.3 is 4.90 Å². The third-order valence-electron chi connectivity index (χ3n) is 5.13. The van der Waals surface area contributed by atoms with Crippen molar-refractivity contribution in [2.24, 2.45) is 7.05 Å². The highest BCUT2D eigenvalue weighted by Crippen LogP contribution is 2.31. The van der Waals surface area contributed by atoms with Gasteiger partial charge in [-0.15, -0.1) is 12.4 Å². The van der Waals surface area contributed by atoms with Gasteiger partial charge in [0.15, 0.2) is 0 Å². The second kappa shape index (κ2) is 8.52. The summed E-state index contributed by atoms with van der Waals surface area (Å²) in [6.45, 7) is 1.40. The Morgan fingerprint density at radius 2 is 1.93 bits per heavy atom. The number of carbonyl (C=O) groups excluding carboxylic acids is 1. The average molecular weight is 401 g/mol. The van der Waals surface area contributed by atoms with Crippen LogP contribution in [0.15, 0.2) is 54.9 Å². The van der Waals surface area contributed by atoms with Gasteiger partial charge in [0.05, 0.1) is 17.0 Å². The molecule has 1 aromatic carbocycles. The van der Waals surface area contributed by atoms with E-state index in [9.17, 15) is 9.18 Å². The van der Waals surface area contributed by atoms with Crippen LogP contribution >= 0.6 is 12.4 Å². The molecule has 0 bridgehead atoms. The van der Waals surface area contributed by atoms with Gasteiger partial charge in [-0.05, 0) is 43.2 Å². The molecule has 28 heavy (non-hydrogen) atoms. The van der Waals surface area contributed by atoms with Crippen LogP contribution in [-0.4, -0.2) is 38.7 Å². The first kappa shape index (κ1) is 20.0. The average Bonchev–Trinajstić information content (AvgIpc) is 3.10. The quantitative estimate of drug-likeness (QED) is 0.666. The number of carbonyl (C=O) groups is 1. The molecular formula is C21H22ClFN4O. The van der Waals surface area contributed by atoms with Crippen LogP contribution in [0.5, 0.6) is 0 Å². The molecule has 1 aliphatic rings. The molecule has 0 spiro atoms. The van der Waals surface area contributed by atoms with Crippen LogP contribution < -0.4 is 0 Å². The monoisotopic (exact) mass is 400 g/mol. The fraction of sp³-hybridized carbons (Fsp3) is 0.286. The minimum atomic E-state index is -0.252. The molecule has 2 aromatic heterocycles. The first-order valence-corrected chi connectivity index (χ1v) is 9.11. The van der Waals surface area contributed by atoms with Crippen LogP contribution in [0, 0.1) is 5.82 Å². The number of piperidine rings is 1. The lowest BCUT2D eigenvalue weighted by Gasteiger charge is -2.31. The standard InChI is InChI=1S/C21H21FN4O.ClH/c1-25-20(16-4-2-6-18(22)12-16)13-19(24-25)15-7-10-26(11-8-15)21(27)17-5-3-9-23-14-17;/h2-6,9,12-15H,7-8,10-11H2,1H3;1H. The number of amides is 1. The molecule has 3 heterocycles. The Bertz CT molecular complexity index is 952. The Labute approximate surface area is 169 Å². The number of nitrogens with zero attached hydrogens (tertiary/aromatic N) is 4. The Morgan fingerprint density at radius 3 is 2.61 bits per heavy atom. The zero-order valence-corrected chi connectivity index (χ0v) is 16.4. The summed E-state index contributed by atoms with van der Waals surface area (Å²) in [5.74, 6) is 0.0805. The number of aryl methyl sites for hydroxylation is 1. The predicted molar refractivity (Wildman–Crippen MR) is 108 cm³/mol. The molecule has 1 fully saturated rings. The van der Waals surface area contributed by atoms with E-state index in [0.29, 0.717) is 24.6 Å². The first-order valence-electron chi connectivity index (χ1n) is 9.11. The zero-order chi connectivity index (χ0) is 18.8. The summed E-state index contributed by atoms with van der Waals surface area (Å²) < 4.78 is 15.3. The molecule has 3 aromatic rings. The summed E-state index contributed by atoms with van der Waals surface area (Å²) in [6.07, 6.45) is 5.01. The van der Waals surface area contributed by atoms with E-state index in [0.717, 1.165) is 29.8 Å². The number of hydrogen-bond donors (Lipinski definition) is 0. The van der Waals surface area contributed by atoms with E-state index in [4.69, 9.17) is 0 Å². The van der Waals surface area contributed by atoms with Crippen molar-refractivity contribution in [1.29, 1.82) is 0 Å². The fourth-order valence-electron chi connectivity index (χ4n) is 3.66. The van der Waals surface area contributed by atoms with Crippen molar-refractivity contribution in [3.63, 3.8) is 0 Å². The van der Waals surface area contributed by atoms with Gasteiger partial charge in [-0.1, -0.05) is 12.1 Å². The molecule has 0 radical (unpaired) electrons. The lowest BCUT2D eigenvalue weighted by atomic mass is 9.93. The molecule has 1 aliphatic heterocycles. The number of pyridine rings is 1. The van der Waals surface area contributed by atoms with Crippen molar-refractivity contribution in [3.05, 3.63) is 71.9 Å². The zero-order valence-electron chi connectivity index (χ0n) is 15.6. The molecule has 4 rings (SSSR count). The van der Waals surface area contributed by atoms with Gasteiger partial charge >= 0.3 is 0 Å². The van der Waals surface area contributed by atoms with E-state index >= 15 is 0 Å². The highest BCUT2D eigenvalue weighted by atomic mass is 35.5. The normalized spacial score (nSPS) is 14.6. The van der Waals surface area contributed by atoms with Crippen molar-refractivity contribution in [1.82, 2.24) is 19.7 Å². The second-order valence-corrected chi connectivity index (χ2v) is 6.90. The molecule has 7 heteroatoms. The lowest BCUT2D eigenvalue weighted by molar-refractivity contribution is 0.0711. The van der Waals surface area contributed by atoms with Gasteiger partial charge in [-0.3, -0.25) is 14.5 Å². The molecule has 1 saturated heterocycles. The van der Waals surface area contributed by atoms with E-state index in [1.807, 2.05) is 24.1 Å². The van der Waals surface area contributed by atoms with Gasteiger partial charge in [0.1, 0.15) is 5.82 Å². The molecule has 0 atom stereocenters. The third kappa shape index (κ3) is 4.07. The van der Waals surface area contributed by atoms with E-state index in [-0.39, 0.29) is 24.1 Å². The summed E-state index contributed by atoms with van der Waals surface area (Å²) in [7, 11) is 1.88. The molecule has 146 valence electrons. The van der Waals surface area contributed by atoms with Gasteiger partial charge in [-0.2, -0.15) is 5.10 Å². The van der Waals surface area contributed by atoms with E-state index in [1.165, 1.54) is 12.1 Å². The Hall–Kier alpha value is -2.73. The topological polar surface area (TPSA) is 51.0 Å². The van der Waals surface area contributed by atoms with E-state index in [1.54, 1.807) is 35.3 Å². The predicted octanol–water partition coefficient (Wildman–Crippen LogP) is 4.06. The molecule has 0 unspecified atom stereocenters. The summed E-state index contributed by atoms with van der Waals surface area (Å²) in [4.78, 5) is 18.5. The minimum absolute atomic E-state index is 0. The molecule has 0 saturated carbocycles. The van der Waals surface area contributed by atoms with Crippen molar-refractivity contribution >= 4 is 18.3 Å². The van der Waals surface area contributed by atoms with Crippen LogP contribution in [0.25, 0.3) is 11.3 Å². The van der Waals surface area contributed by atoms with Crippen LogP contribution in [0.4, 0.5) is 4.39 Å². The van der Waals surface area contributed by atoms with E-state index < -0.39 is 0 Å². The van der Waals surface area contributed by atoms with E-state index in [2.05, 4.69) is 10.1 Å². The molecule has 1 amide bonds. The maximum Gasteiger partial charge on any atom is 0.255 e. The first-order chi connectivity index (χ1) is 13.1. The van der Waals surface area contributed by atoms with Crippen LogP contribution in [0.2, 0.25) is 0 Å². The molecule has 0 aliphatic carbocycles. The summed E-state index contributed by atoms with van der Waals surface area (Å²) in [5.41, 5.74) is 3.35. The number of hydrogen-bond acceptors (Lipinski definition) is 3. The number of rotatable bonds is 3. The third-order valence-corrected chi connectivity index (χ3v) is 5.13. The largest absolute Gasteiger partial charge is 0.339 e. The highest BCUT2D eigenvalue weighted by Gasteiger charge is 2.26. The smallest absolute Gasteiger partial charge is 0.255 e. The van der Waals surface area contributed by atoms with Crippen LogP contribution in [-0.2, 0) is 7.05 Å². The van der Waals surface area contributed by atoms with Gasteiger partial charge in [0, 0.05) is 44.0 Å². The van der Waals surface area contributed by atoms with Gasteiger partial charge in [-0.25, -0.2) is 4.39 Å². The van der Waals surface area contributed by atoms with Crippen LogP contribution in [0.1, 0.15) is 34.8 Å². The summed E-state index contributed by atoms with van der Waals surface area (Å²) in [6, 6.07) is 12.2. The van der Waals surface area contributed by atoms with Gasteiger partial charge in [0.2, 0.25) is 0 Å². The second-order valence-electron chi connectivity index (χ2n) is 6.90. The Morgan fingerprint density at radius 1 is 1.14 bits per heavy atom. The minimum Gasteiger partial charge on any atom is -0.339 e.